The lowest BCUT2D eigenvalue weighted by Crippen LogP contribution is -2.40. The van der Waals surface area contributed by atoms with Gasteiger partial charge in [-0.25, -0.2) is 0 Å². The van der Waals surface area contributed by atoms with Crippen LogP contribution in [0, 0.1) is 0 Å². The molecule has 0 radical (unpaired) electrons. The standard InChI is InChI=1S/C15H22ClN3O4/c1-17-6-3-7-18-12(15(21)22)9-14(20)19-11-8-10(16)4-5-13(11)23-2/h4-5,8,12,17-18H,3,6-7,9H2,1-2H3,(H,19,20)(H,21,22)/t12-/m1/s1. The number of ether oxygens (including phenoxy) is 1. The summed E-state index contributed by atoms with van der Waals surface area (Å²) in [6.07, 6.45) is 0.578. The van der Waals surface area contributed by atoms with E-state index in [0.29, 0.717) is 23.0 Å². The number of benzene rings is 1. The van der Waals surface area contributed by atoms with Gasteiger partial charge in [0, 0.05) is 5.02 Å². The molecule has 0 spiro atoms. The summed E-state index contributed by atoms with van der Waals surface area (Å²) >= 11 is 5.89. The fraction of sp³-hybridized carbons (Fsp3) is 0.467. The fourth-order valence-corrected chi connectivity index (χ4v) is 2.12. The molecule has 1 aromatic rings. The minimum Gasteiger partial charge on any atom is -0.495 e. The van der Waals surface area contributed by atoms with Crippen molar-refractivity contribution in [2.24, 2.45) is 0 Å². The number of carboxylic acids is 1. The van der Waals surface area contributed by atoms with Crippen molar-refractivity contribution in [2.75, 3.05) is 32.6 Å². The Hall–Kier alpha value is -1.83. The summed E-state index contributed by atoms with van der Waals surface area (Å²) in [7, 11) is 3.29. The van der Waals surface area contributed by atoms with Crippen molar-refractivity contribution in [1.29, 1.82) is 0 Å². The SMILES string of the molecule is CNCCCN[C@H](CC(=O)Nc1cc(Cl)ccc1OC)C(=O)O. The third-order valence-electron chi connectivity index (χ3n) is 3.12. The average Bonchev–Trinajstić information content (AvgIpc) is 2.50. The van der Waals surface area contributed by atoms with Crippen LogP contribution in [0.25, 0.3) is 0 Å². The minimum absolute atomic E-state index is 0.190. The Morgan fingerprint density at radius 2 is 2.09 bits per heavy atom. The Morgan fingerprint density at radius 1 is 1.35 bits per heavy atom. The predicted molar refractivity (Wildman–Crippen MR) is 89.2 cm³/mol. The van der Waals surface area contributed by atoms with E-state index in [-0.39, 0.29) is 6.42 Å². The van der Waals surface area contributed by atoms with Crippen LogP contribution < -0.4 is 20.7 Å². The normalized spacial score (nSPS) is 11.8. The maximum atomic E-state index is 12.1. The number of amides is 1. The molecule has 0 aliphatic carbocycles. The number of hydrogen-bond acceptors (Lipinski definition) is 5. The van der Waals surface area contributed by atoms with E-state index in [4.69, 9.17) is 16.3 Å². The lowest BCUT2D eigenvalue weighted by atomic mass is 10.2. The lowest BCUT2D eigenvalue weighted by Gasteiger charge is -2.15. The van der Waals surface area contributed by atoms with Crippen molar-refractivity contribution in [3.63, 3.8) is 0 Å². The van der Waals surface area contributed by atoms with Gasteiger partial charge in [0.05, 0.1) is 19.2 Å². The monoisotopic (exact) mass is 343 g/mol. The average molecular weight is 344 g/mol. The maximum absolute atomic E-state index is 12.1. The molecule has 0 aromatic heterocycles. The van der Waals surface area contributed by atoms with Crippen LogP contribution in [0.15, 0.2) is 18.2 Å². The van der Waals surface area contributed by atoms with E-state index in [9.17, 15) is 14.7 Å². The highest BCUT2D eigenvalue weighted by Crippen LogP contribution is 2.27. The highest BCUT2D eigenvalue weighted by Gasteiger charge is 2.21. The van der Waals surface area contributed by atoms with Crippen LogP contribution in [-0.4, -0.2) is 50.3 Å². The second-order valence-corrected chi connectivity index (χ2v) is 5.34. The first-order valence-electron chi connectivity index (χ1n) is 7.22. The molecule has 8 heteroatoms. The van der Waals surface area contributed by atoms with Crippen LogP contribution in [0.3, 0.4) is 0 Å². The molecule has 1 amide bonds. The molecule has 0 fully saturated rings. The maximum Gasteiger partial charge on any atom is 0.321 e. The molecule has 0 saturated heterocycles. The van der Waals surface area contributed by atoms with Crippen LogP contribution >= 0.6 is 11.6 Å². The first-order chi connectivity index (χ1) is 11.0. The van der Waals surface area contributed by atoms with Crippen molar-refractivity contribution < 1.29 is 19.4 Å². The molecular weight excluding hydrogens is 322 g/mol. The van der Waals surface area contributed by atoms with Crippen molar-refractivity contribution in [1.82, 2.24) is 10.6 Å². The number of halogens is 1. The van der Waals surface area contributed by atoms with Gasteiger partial charge in [-0.05, 0) is 44.8 Å². The van der Waals surface area contributed by atoms with Crippen LogP contribution in [0.2, 0.25) is 5.02 Å². The van der Waals surface area contributed by atoms with Gasteiger partial charge in [-0.1, -0.05) is 11.6 Å². The number of rotatable bonds is 10. The Bertz CT molecular complexity index is 539. The minimum atomic E-state index is -1.07. The molecule has 0 aliphatic heterocycles. The number of methoxy groups -OCH3 is 1. The van der Waals surface area contributed by atoms with E-state index in [0.717, 1.165) is 13.0 Å². The van der Waals surface area contributed by atoms with E-state index in [1.807, 2.05) is 7.05 Å². The summed E-state index contributed by atoms with van der Waals surface area (Å²) in [5, 5.41) is 18.1. The van der Waals surface area contributed by atoms with Gasteiger partial charge in [-0.15, -0.1) is 0 Å². The molecule has 128 valence electrons. The van der Waals surface area contributed by atoms with Gasteiger partial charge in [0.2, 0.25) is 5.91 Å². The topological polar surface area (TPSA) is 99.7 Å². The van der Waals surface area contributed by atoms with Gasteiger partial charge >= 0.3 is 5.97 Å². The molecule has 0 bridgehead atoms. The number of anilines is 1. The Balaban J connectivity index is 2.62. The van der Waals surface area contributed by atoms with Crippen LogP contribution in [0.5, 0.6) is 5.75 Å². The summed E-state index contributed by atoms with van der Waals surface area (Å²) < 4.78 is 5.13. The van der Waals surface area contributed by atoms with Gasteiger partial charge in [0.1, 0.15) is 11.8 Å². The van der Waals surface area contributed by atoms with Gasteiger partial charge < -0.3 is 25.8 Å². The summed E-state index contributed by atoms with van der Waals surface area (Å²) in [6.45, 7) is 1.27. The molecule has 23 heavy (non-hydrogen) atoms. The van der Waals surface area contributed by atoms with Crippen molar-refractivity contribution in [2.45, 2.75) is 18.9 Å². The first kappa shape index (κ1) is 19.2. The lowest BCUT2D eigenvalue weighted by molar-refractivity contribution is -0.141. The zero-order chi connectivity index (χ0) is 17.2. The van der Waals surface area contributed by atoms with E-state index in [1.165, 1.54) is 7.11 Å². The second kappa shape index (κ2) is 10.0. The van der Waals surface area contributed by atoms with Gasteiger partial charge in [0.25, 0.3) is 0 Å². The summed E-state index contributed by atoms with van der Waals surface area (Å²) in [5.41, 5.74) is 0.407. The van der Waals surface area contributed by atoms with Gasteiger partial charge in [0.15, 0.2) is 0 Å². The van der Waals surface area contributed by atoms with Crippen molar-refractivity contribution in [3.8, 4) is 5.75 Å². The van der Waals surface area contributed by atoms with Gasteiger partial charge in [-0.3, -0.25) is 9.59 Å². The fourth-order valence-electron chi connectivity index (χ4n) is 1.95. The molecule has 1 atom stereocenters. The second-order valence-electron chi connectivity index (χ2n) is 4.90. The van der Waals surface area contributed by atoms with Crippen molar-refractivity contribution in [3.05, 3.63) is 23.2 Å². The Morgan fingerprint density at radius 3 is 2.70 bits per heavy atom. The van der Waals surface area contributed by atoms with E-state index in [2.05, 4.69) is 16.0 Å². The van der Waals surface area contributed by atoms with Crippen LogP contribution in [0.1, 0.15) is 12.8 Å². The molecule has 1 aromatic carbocycles. The molecule has 7 nitrogen and oxygen atoms in total. The van der Waals surface area contributed by atoms with Crippen LogP contribution in [0.4, 0.5) is 5.69 Å². The molecular formula is C15H22ClN3O4. The summed E-state index contributed by atoms with van der Waals surface area (Å²) in [5.74, 6) is -1.04. The number of hydrogen-bond donors (Lipinski definition) is 4. The van der Waals surface area contributed by atoms with Gasteiger partial charge in [-0.2, -0.15) is 0 Å². The molecule has 4 N–H and O–H groups in total. The highest BCUT2D eigenvalue weighted by molar-refractivity contribution is 6.31. The Labute approximate surface area is 140 Å². The van der Waals surface area contributed by atoms with E-state index in [1.54, 1.807) is 18.2 Å². The smallest absolute Gasteiger partial charge is 0.321 e. The number of carbonyl (C=O) groups excluding carboxylic acids is 1. The molecule has 0 saturated carbocycles. The van der Waals surface area contributed by atoms with Crippen LogP contribution in [-0.2, 0) is 9.59 Å². The third kappa shape index (κ3) is 6.85. The number of carboxylic acid groups (broad SMARTS) is 1. The molecule has 1 rings (SSSR count). The predicted octanol–water partition coefficient (Wildman–Crippen LogP) is 1.33. The molecule has 0 heterocycles. The van der Waals surface area contributed by atoms with E-state index < -0.39 is 17.9 Å². The Kier molecular flexibility index (Phi) is 8.39. The number of nitrogens with one attached hydrogen (secondary N) is 3. The van der Waals surface area contributed by atoms with E-state index >= 15 is 0 Å². The summed E-state index contributed by atoms with van der Waals surface area (Å²) in [4.78, 5) is 23.3. The zero-order valence-corrected chi connectivity index (χ0v) is 13.9. The number of carbonyl (C=O) groups is 2. The van der Waals surface area contributed by atoms with Crippen molar-refractivity contribution >= 4 is 29.2 Å². The molecule has 0 unspecified atom stereocenters. The quantitative estimate of drug-likeness (QED) is 0.478. The largest absolute Gasteiger partial charge is 0.495 e. The highest BCUT2D eigenvalue weighted by atomic mass is 35.5. The first-order valence-corrected chi connectivity index (χ1v) is 7.60. The zero-order valence-electron chi connectivity index (χ0n) is 13.2. The third-order valence-corrected chi connectivity index (χ3v) is 3.35. The molecule has 0 aliphatic rings. The summed E-state index contributed by atoms with van der Waals surface area (Å²) in [6, 6.07) is 3.87. The number of aliphatic carboxylic acids is 1.